The third kappa shape index (κ3) is 3.77. The fourth-order valence-corrected chi connectivity index (χ4v) is 2.54. The quantitative estimate of drug-likeness (QED) is 0.869. The summed E-state index contributed by atoms with van der Waals surface area (Å²) in [6.07, 6.45) is -1.19. The van der Waals surface area contributed by atoms with Gasteiger partial charge in [0, 0.05) is 5.69 Å². The summed E-state index contributed by atoms with van der Waals surface area (Å²) in [7, 11) is 0. The molecule has 6 heteroatoms. The van der Waals surface area contributed by atoms with E-state index in [4.69, 9.17) is 4.74 Å². The second kappa shape index (κ2) is 6.65. The Morgan fingerprint density at radius 1 is 1.24 bits per heavy atom. The number of nitrogens with one attached hydrogen (secondary N) is 1. The normalized spacial score (nSPS) is 24.6. The van der Waals surface area contributed by atoms with Crippen molar-refractivity contribution in [3.8, 4) is 0 Å². The van der Waals surface area contributed by atoms with Crippen LogP contribution in [-0.2, 0) is 14.3 Å². The third-order valence-corrected chi connectivity index (χ3v) is 3.54. The number of anilines is 1. The predicted octanol–water partition coefficient (Wildman–Crippen LogP) is 2.69. The molecule has 3 atom stereocenters. The topological polar surface area (TPSA) is 55.4 Å². The molecule has 1 N–H and O–H groups in total. The molecule has 1 saturated carbocycles. The van der Waals surface area contributed by atoms with Crippen LogP contribution in [0.3, 0.4) is 0 Å². The smallest absolute Gasteiger partial charge is 0.309 e. The van der Waals surface area contributed by atoms with Crippen LogP contribution < -0.4 is 5.32 Å². The van der Waals surface area contributed by atoms with Crippen LogP contribution in [0.1, 0.15) is 19.8 Å². The van der Waals surface area contributed by atoms with Crippen LogP contribution in [0.25, 0.3) is 0 Å². The van der Waals surface area contributed by atoms with Crippen LogP contribution in [0.5, 0.6) is 0 Å². The number of ether oxygens (including phenoxy) is 1. The highest BCUT2D eigenvalue weighted by atomic mass is 19.1. The first-order valence-corrected chi connectivity index (χ1v) is 6.88. The molecule has 1 aromatic carbocycles. The van der Waals surface area contributed by atoms with Crippen molar-refractivity contribution >= 4 is 17.6 Å². The Morgan fingerprint density at radius 3 is 2.48 bits per heavy atom. The van der Waals surface area contributed by atoms with Gasteiger partial charge in [-0.25, -0.2) is 8.78 Å². The first-order valence-electron chi connectivity index (χ1n) is 6.88. The van der Waals surface area contributed by atoms with Gasteiger partial charge in [0.1, 0.15) is 12.0 Å². The lowest BCUT2D eigenvalue weighted by Crippen LogP contribution is -2.31. The number of amides is 1. The summed E-state index contributed by atoms with van der Waals surface area (Å²) in [6, 6.07) is 5.25. The molecule has 0 bridgehead atoms. The van der Waals surface area contributed by atoms with Gasteiger partial charge in [-0.3, -0.25) is 9.59 Å². The molecular formula is C15H17F2NO3. The maximum atomic E-state index is 13.5. The van der Waals surface area contributed by atoms with Crippen molar-refractivity contribution in [3.63, 3.8) is 0 Å². The highest BCUT2D eigenvalue weighted by Crippen LogP contribution is 2.35. The van der Waals surface area contributed by atoms with Crippen LogP contribution in [0, 0.1) is 17.7 Å². The lowest BCUT2D eigenvalue weighted by atomic mass is 9.95. The van der Waals surface area contributed by atoms with E-state index in [-0.39, 0.29) is 19.4 Å². The van der Waals surface area contributed by atoms with Crippen molar-refractivity contribution in [1.29, 1.82) is 0 Å². The van der Waals surface area contributed by atoms with Gasteiger partial charge >= 0.3 is 5.97 Å². The maximum Gasteiger partial charge on any atom is 0.309 e. The molecule has 3 unspecified atom stereocenters. The first kappa shape index (κ1) is 15.4. The number of benzene rings is 1. The fraction of sp³-hybridized carbons (Fsp3) is 0.467. The van der Waals surface area contributed by atoms with Crippen LogP contribution in [-0.4, -0.2) is 24.7 Å². The highest BCUT2D eigenvalue weighted by molar-refractivity contribution is 5.95. The molecule has 0 aromatic heterocycles. The molecule has 1 fully saturated rings. The van der Waals surface area contributed by atoms with Crippen molar-refractivity contribution in [2.24, 2.45) is 11.8 Å². The molecule has 0 saturated heterocycles. The molecule has 1 aliphatic carbocycles. The van der Waals surface area contributed by atoms with Crippen molar-refractivity contribution in [2.75, 3.05) is 11.9 Å². The molecule has 4 nitrogen and oxygen atoms in total. The van der Waals surface area contributed by atoms with Crippen LogP contribution in [0.4, 0.5) is 14.5 Å². The predicted molar refractivity (Wildman–Crippen MR) is 72.8 cm³/mol. The minimum absolute atomic E-state index is 0.000335. The fourth-order valence-electron chi connectivity index (χ4n) is 2.54. The molecule has 0 spiro atoms. The molecule has 2 rings (SSSR count). The van der Waals surface area contributed by atoms with E-state index in [2.05, 4.69) is 5.32 Å². The van der Waals surface area contributed by atoms with Crippen molar-refractivity contribution < 1.29 is 23.1 Å². The van der Waals surface area contributed by atoms with Gasteiger partial charge in [0.25, 0.3) is 0 Å². The summed E-state index contributed by atoms with van der Waals surface area (Å²) in [6.45, 7) is 1.85. The minimum Gasteiger partial charge on any atom is -0.466 e. The van der Waals surface area contributed by atoms with Gasteiger partial charge in [0.05, 0.1) is 18.4 Å². The van der Waals surface area contributed by atoms with E-state index in [0.717, 1.165) is 0 Å². The van der Waals surface area contributed by atoms with Gasteiger partial charge in [-0.1, -0.05) is 0 Å². The number of carbonyl (C=O) groups excluding carboxylic acids is 2. The second-order valence-corrected chi connectivity index (χ2v) is 5.03. The second-order valence-electron chi connectivity index (χ2n) is 5.03. The van der Waals surface area contributed by atoms with E-state index in [0.29, 0.717) is 5.69 Å². The number of carbonyl (C=O) groups is 2. The summed E-state index contributed by atoms with van der Waals surface area (Å²) >= 11 is 0. The summed E-state index contributed by atoms with van der Waals surface area (Å²) in [5.74, 6) is -2.93. The van der Waals surface area contributed by atoms with Gasteiger partial charge in [0.15, 0.2) is 0 Å². The van der Waals surface area contributed by atoms with E-state index >= 15 is 0 Å². The molecule has 0 aliphatic heterocycles. The highest BCUT2D eigenvalue weighted by Gasteiger charge is 2.43. The number of alkyl halides is 1. The van der Waals surface area contributed by atoms with E-state index in [9.17, 15) is 18.4 Å². The standard InChI is InChI=1S/C15H17F2NO3/c1-2-21-15(20)13-8-10(17)7-12(13)14(19)18-11-5-3-9(16)4-6-11/h3-6,10,12-13H,2,7-8H2,1H3,(H,18,19). The van der Waals surface area contributed by atoms with Crippen molar-refractivity contribution in [2.45, 2.75) is 25.9 Å². The average Bonchev–Trinajstić information content (AvgIpc) is 2.84. The van der Waals surface area contributed by atoms with Gasteiger partial charge in [-0.2, -0.15) is 0 Å². The molecule has 1 aliphatic rings. The van der Waals surface area contributed by atoms with Gasteiger partial charge in [0.2, 0.25) is 5.91 Å². The lowest BCUT2D eigenvalue weighted by molar-refractivity contribution is -0.151. The number of esters is 1. The monoisotopic (exact) mass is 297 g/mol. The molecule has 21 heavy (non-hydrogen) atoms. The minimum atomic E-state index is -1.19. The average molecular weight is 297 g/mol. The largest absolute Gasteiger partial charge is 0.466 e. The van der Waals surface area contributed by atoms with E-state index in [1.807, 2.05) is 0 Å². The Kier molecular flexibility index (Phi) is 4.88. The first-order chi connectivity index (χ1) is 10.0. The number of halogens is 2. The Balaban J connectivity index is 2.05. The molecule has 0 heterocycles. The Bertz CT molecular complexity index is 518. The van der Waals surface area contributed by atoms with E-state index in [1.165, 1.54) is 24.3 Å². The Morgan fingerprint density at radius 2 is 1.86 bits per heavy atom. The van der Waals surface area contributed by atoms with Crippen LogP contribution in [0.15, 0.2) is 24.3 Å². The van der Waals surface area contributed by atoms with Crippen LogP contribution >= 0.6 is 0 Å². The third-order valence-electron chi connectivity index (χ3n) is 3.54. The molecular weight excluding hydrogens is 280 g/mol. The van der Waals surface area contributed by atoms with Gasteiger partial charge in [-0.05, 0) is 44.0 Å². The zero-order chi connectivity index (χ0) is 15.4. The molecule has 0 radical (unpaired) electrons. The number of rotatable bonds is 4. The number of hydrogen-bond acceptors (Lipinski definition) is 3. The summed E-state index contributed by atoms with van der Waals surface area (Å²) in [4.78, 5) is 24.0. The Labute approximate surface area is 121 Å². The molecule has 1 amide bonds. The SMILES string of the molecule is CCOC(=O)C1CC(F)CC1C(=O)Nc1ccc(F)cc1. The number of hydrogen-bond donors (Lipinski definition) is 1. The van der Waals surface area contributed by atoms with Crippen LogP contribution in [0.2, 0.25) is 0 Å². The van der Waals surface area contributed by atoms with Crippen molar-refractivity contribution in [3.05, 3.63) is 30.1 Å². The van der Waals surface area contributed by atoms with E-state index < -0.39 is 35.7 Å². The van der Waals surface area contributed by atoms with E-state index in [1.54, 1.807) is 6.92 Å². The molecule has 1 aromatic rings. The Hall–Kier alpha value is -1.98. The summed E-state index contributed by atoms with van der Waals surface area (Å²) in [5, 5.41) is 2.58. The lowest BCUT2D eigenvalue weighted by Gasteiger charge is -2.17. The van der Waals surface area contributed by atoms with Gasteiger partial charge in [-0.15, -0.1) is 0 Å². The summed E-state index contributed by atoms with van der Waals surface area (Å²) in [5.41, 5.74) is 0.409. The zero-order valence-corrected chi connectivity index (χ0v) is 11.6. The zero-order valence-electron chi connectivity index (χ0n) is 11.6. The van der Waals surface area contributed by atoms with Gasteiger partial charge < -0.3 is 10.1 Å². The van der Waals surface area contributed by atoms with Crippen molar-refractivity contribution in [1.82, 2.24) is 0 Å². The summed E-state index contributed by atoms with van der Waals surface area (Å²) < 4.78 is 31.2. The maximum absolute atomic E-state index is 13.5. The molecule has 114 valence electrons.